The number of aromatic nitrogens is 4. The van der Waals surface area contributed by atoms with Gasteiger partial charge in [0.2, 0.25) is 11.9 Å². The normalized spacial score (nSPS) is 18.6. The zero-order chi connectivity index (χ0) is 19.1. The predicted octanol–water partition coefficient (Wildman–Crippen LogP) is 2.42. The summed E-state index contributed by atoms with van der Waals surface area (Å²) in [7, 11) is 2.02. The van der Waals surface area contributed by atoms with Crippen LogP contribution in [-0.2, 0) is 23.8 Å². The summed E-state index contributed by atoms with van der Waals surface area (Å²) in [6.07, 6.45) is 8.69. The van der Waals surface area contributed by atoms with E-state index >= 15 is 0 Å². The van der Waals surface area contributed by atoms with Gasteiger partial charge in [-0.2, -0.15) is 0 Å². The van der Waals surface area contributed by atoms with Crippen LogP contribution in [0.2, 0.25) is 0 Å². The van der Waals surface area contributed by atoms with Crippen LogP contribution in [0.15, 0.2) is 55.2 Å². The zero-order valence-electron chi connectivity index (χ0n) is 15.8. The smallest absolute Gasteiger partial charge is 0.244 e. The summed E-state index contributed by atoms with van der Waals surface area (Å²) in [6.45, 7) is 2.59. The number of fused-ring (bicyclic) bond motifs is 2. The lowest BCUT2D eigenvalue weighted by Gasteiger charge is -2.38. The number of hydrogen-bond donors (Lipinski definition) is 0. The van der Waals surface area contributed by atoms with Crippen molar-refractivity contribution in [2.45, 2.75) is 24.8 Å². The molecule has 4 heterocycles. The first-order chi connectivity index (χ1) is 13.7. The van der Waals surface area contributed by atoms with Crippen LogP contribution in [0.1, 0.15) is 24.1 Å². The standard InChI is InChI=1S/C21H22N6O/c1-25-15-22-13-16(25)14-26-11-7-21(8-12-26)17-5-2-3-6-18(17)27(19(21)28)20-23-9-4-10-24-20/h2-6,9-10,13,15H,7-8,11-12,14H2,1H3. The summed E-state index contributed by atoms with van der Waals surface area (Å²) in [5.74, 6) is 0.550. The predicted molar refractivity (Wildman–Crippen MR) is 105 cm³/mol. The second kappa shape index (κ2) is 6.53. The maximum Gasteiger partial charge on any atom is 0.244 e. The Bertz CT molecular complexity index is 1010. The van der Waals surface area contributed by atoms with Gasteiger partial charge in [0.15, 0.2) is 0 Å². The Morgan fingerprint density at radius 3 is 2.54 bits per heavy atom. The number of anilines is 2. The zero-order valence-corrected chi connectivity index (χ0v) is 15.8. The molecule has 0 radical (unpaired) electrons. The molecule has 0 bridgehead atoms. The first-order valence-corrected chi connectivity index (χ1v) is 9.58. The van der Waals surface area contributed by atoms with Gasteiger partial charge >= 0.3 is 0 Å². The highest BCUT2D eigenvalue weighted by Crippen LogP contribution is 2.49. The number of rotatable bonds is 3. The monoisotopic (exact) mass is 374 g/mol. The van der Waals surface area contributed by atoms with Crippen molar-refractivity contribution in [3.8, 4) is 0 Å². The third kappa shape index (κ3) is 2.54. The van der Waals surface area contributed by atoms with Gasteiger partial charge in [0.25, 0.3) is 0 Å². The van der Waals surface area contributed by atoms with Crippen LogP contribution in [0, 0.1) is 0 Å². The van der Waals surface area contributed by atoms with Crippen molar-refractivity contribution < 1.29 is 4.79 Å². The molecule has 7 nitrogen and oxygen atoms in total. The average molecular weight is 374 g/mol. The number of likely N-dealkylation sites (tertiary alicyclic amines) is 1. The van der Waals surface area contributed by atoms with E-state index in [2.05, 4.69) is 30.5 Å². The second-order valence-corrected chi connectivity index (χ2v) is 7.56. The molecule has 28 heavy (non-hydrogen) atoms. The van der Waals surface area contributed by atoms with Gasteiger partial charge in [-0.3, -0.25) is 9.69 Å². The maximum absolute atomic E-state index is 13.6. The van der Waals surface area contributed by atoms with Crippen LogP contribution in [0.5, 0.6) is 0 Å². The van der Waals surface area contributed by atoms with Crippen molar-refractivity contribution in [3.05, 3.63) is 66.5 Å². The van der Waals surface area contributed by atoms with Crippen LogP contribution in [0.3, 0.4) is 0 Å². The molecule has 2 aliphatic rings. The van der Waals surface area contributed by atoms with E-state index in [9.17, 15) is 4.79 Å². The summed E-state index contributed by atoms with van der Waals surface area (Å²) >= 11 is 0. The highest BCUT2D eigenvalue weighted by atomic mass is 16.2. The van der Waals surface area contributed by atoms with E-state index in [0.717, 1.165) is 43.7 Å². The number of hydrogen-bond acceptors (Lipinski definition) is 5. The van der Waals surface area contributed by atoms with Crippen molar-refractivity contribution >= 4 is 17.5 Å². The van der Waals surface area contributed by atoms with E-state index in [1.165, 1.54) is 5.69 Å². The molecule has 142 valence electrons. The SMILES string of the molecule is Cn1cncc1CN1CCC2(CC1)C(=O)N(c1ncccn1)c1ccccc12. The highest BCUT2D eigenvalue weighted by molar-refractivity contribution is 6.12. The molecule has 1 fully saturated rings. The first-order valence-electron chi connectivity index (χ1n) is 9.58. The molecule has 1 aromatic carbocycles. The highest BCUT2D eigenvalue weighted by Gasteiger charge is 2.53. The molecule has 3 aromatic rings. The third-order valence-electron chi connectivity index (χ3n) is 6.04. The lowest BCUT2D eigenvalue weighted by atomic mass is 9.73. The van der Waals surface area contributed by atoms with Gasteiger partial charge in [-0.05, 0) is 43.6 Å². The minimum absolute atomic E-state index is 0.0973. The van der Waals surface area contributed by atoms with E-state index in [4.69, 9.17) is 0 Å². The molecule has 1 saturated heterocycles. The largest absolute Gasteiger partial charge is 0.337 e. The van der Waals surface area contributed by atoms with Crippen LogP contribution >= 0.6 is 0 Å². The van der Waals surface area contributed by atoms with Crippen molar-refractivity contribution in [2.24, 2.45) is 7.05 Å². The summed E-state index contributed by atoms with van der Waals surface area (Å²) < 4.78 is 2.05. The summed E-state index contributed by atoms with van der Waals surface area (Å²) in [5.41, 5.74) is 2.72. The van der Waals surface area contributed by atoms with Gasteiger partial charge in [-0.25, -0.2) is 19.9 Å². The number of nitrogens with zero attached hydrogens (tertiary/aromatic N) is 6. The number of benzene rings is 1. The van der Waals surface area contributed by atoms with Crippen LogP contribution < -0.4 is 4.90 Å². The Balaban J connectivity index is 1.44. The van der Waals surface area contributed by atoms with Gasteiger partial charge in [0.1, 0.15) is 0 Å². The Morgan fingerprint density at radius 2 is 1.82 bits per heavy atom. The number of aryl methyl sites for hydroxylation is 1. The Labute approximate surface area is 163 Å². The fourth-order valence-corrected chi connectivity index (χ4v) is 4.46. The van der Waals surface area contributed by atoms with Crippen LogP contribution in [-0.4, -0.2) is 43.4 Å². The number of imidazole rings is 1. The number of carbonyl (C=O) groups excluding carboxylic acids is 1. The van der Waals surface area contributed by atoms with E-state index in [1.54, 1.807) is 23.4 Å². The molecule has 0 N–H and O–H groups in total. The summed E-state index contributed by atoms with van der Waals surface area (Å²) in [6, 6.07) is 9.85. The quantitative estimate of drug-likeness (QED) is 0.704. The molecule has 0 aliphatic carbocycles. The average Bonchev–Trinajstić information content (AvgIpc) is 3.24. The van der Waals surface area contributed by atoms with Gasteiger partial charge in [-0.15, -0.1) is 0 Å². The number of carbonyl (C=O) groups is 1. The second-order valence-electron chi connectivity index (χ2n) is 7.56. The maximum atomic E-state index is 13.6. The number of para-hydroxylation sites is 1. The Hall–Kier alpha value is -3.06. The van der Waals surface area contributed by atoms with Crippen molar-refractivity contribution in [2.75, 3.05) is 18.0 Å². The molecule has 1 amide bonds. The fourth-order valence-electron chi connectivity index (χ4n) is 4.46. The van der Waals surface area contributed by atoms with Gasteiger partial charge in [0.05, 0.1) is 23.1 Å². The van der Waals surface area contributed by atoms with E-state index in [-0.39, 0.29) is 5.91 Å². The number of piperidine rings is 1. The van der Waals surface area contributed by atoms with Gasteiger partial charge in [-0.1, -0.05) is 18.2 Å². The van der Waals surface area contributed by atoms with Crippen molar-refractivity contribution in [1.29, 1.82) is 0 Å². The first kappa shape index (κ1) is 17.1. The van der Waals surface area contributed by atoms with Crippen molar-refractivity contribution in [3.63, 3.8) is 0 Å². The van der Waals surface area contributed by atoms with Gasteiger partial charge < -0.3 is 4.57 Å². The van der Waals surface area contributed by atoms with Gasteiger partial charge in [0, 0.05) is 32.2 Å². The molecule has 1 spiro atoms. The third-order valence-corrected chi connectivity index (χ3v) is 6.04. The summed E-state index contributed by atoms with van der Waals surface area (Å²) in [4.78, 5) is 30.6. The molecule has 5 rings (SSSR count). The molecular weight excluding hydrogens is 352 g/mol. The molecule has 0 unspecified atom stereocenters. The minimum Gasteiger partial charge on any atom is -0.337 e. The van der Waals surface area contributed by atoms with Crippen LogP contribution in [0.25, 0.3) is 0 Å². The molecule has 0 saturated carbocycles. The minimum atomic E-state index is -0.487. The topological polar surface area (TPSA) is 67.2 Å². The van der Waals surface area contributed by atoms with Crippen LogP contribution in [0.4, 0.5) is 11.6 Å². The van der Waals surface area contributed by atoms with E-state index in [1.807, 2.05) is 37.8 Å². The van der Waals surface area contributed by atoms with Crippen molar-refractivity contribution in [1.82, 2.24) is 24.4 Å². The number of amides is 1. The molecular formula is C21H22N6O. The van der Waals surface area contributed by atoms with E-state index in [0.29, 0.717) is 5.95 Å². The molecule has 2 aromatic heterocycles. The lowest BCUT2D eigenvalue weighted by Crippen LogP contribution is -2.48. The lowest BCUT2D eigenvalue weighted by molar-refractivity contribution is -0.124. The molecule has 2 aliphatic heterocycles. The molecule has 7 heteroatoms. The molecule has 0 atom stereocenters. The Kier molecular flexibility index (Phi) is 3.98. The Morgan fingerprint density at radius 1 is 1.07 bits per heavy atom. The van der Waals surface area contributed by atoms with E-state index < -0.39 is 5.41 Å². The summed E-state index contributed by atoms with van der Waals surface area (Å²) in [5, 5.41) is 0. The fraction of sp³-hybridized carbons (Fsp3) is 0.333.